The maximum atomic E-state index is 12.4. The van der Waals surface area contributed by atoms with Gasteiger partial charge in [-0.05, 0) is 30.7 Å². The molecule has 2 rings (SSSR count). The molecule has 0 bridgehead atoms. The lowest BCUT2D eigenvalue weighted by Gasteiger charge is -2.10. The minimum atomic E-state index is -4.29. The number of halogens is 3. The lowest BCUT2D eigenvalue weighted by molar-refractivity contribution is -0.137. The summed E-state index contributed by atoms with van der Waals surface area (Å²) in [6.07, 6.45) is -2.07. The zero-order valence-corrected chi connectivity index (χ0v) is 11.3. The number of benzene rings is 1. The van der Waals surface area contributed by atoms with E-state index in [0.29, 0.717) is 10.9 Å². The van der Waals surface area contributed by atoms with Gasteiger partial charge in [-0.15, -0.1) is 0 Å². The van der Waals surface area contributed by atoms with Crippen molar-refractivity contribution in [2.24, 2.45) is 4.99 Å². The Labute approximate surface area is 114 Å². The third-order valence-corrected chi connectivity index (χ3v) is 3.96. The van der Waals surface area contributed by atoms with E-state index in [1.54, 1.807) is 11.8 Å². The van der Waals surface area contributed by atoms with Crippen molar-refractivity contribution in [1.82, 2.24) is 0 Å². The molecule has 1 unspecified atom stereocenters. The van der Waals surface area contributed by atoms with Crippen LogP contribution >= 0.6 is 11.8 Å². The maximum absolute atomic E-state index is 12.4. The Morgan fingerprint density at radius 1 is 1.32 bits per heavy atom. The number of alkyl halides is 3. The molecule has 0 saturated heterocycles. The third kappa shape index (κ3) is 3.89. The number of nitrogens with zero attached hydrogens (tertiary/aromatic N) is 1. The minimum absolute atomic E-state index is 0.488. The van der Waals surface area contributed by atoms with Crippen molar-refractivity contribution in [2.75, 3.05) is 11.9 Å². The monoisotopic (exact) mass is 288 g/mol. The molecule has 0 saturated carbocycles. The zero-order valence-electron chi connectivity index (χ0n) is 10.5. The molecule has 0 fully saturated rings. The first-order chi connectivity index (χ1) is 8.99. The van der Waals surface area contributed by atoms with Crippen molar-refractivity contribution in [3.8, 4) is 0 Å². The molecule has 2 nitrogen and oxygen atoms in total. The van der Waals surface area contributed by atoms with Crippen LogP contribution in [0.15, 0.2) is 29.3 Å². The van der Waals surface area contributed by atoms with Crippen LogP contribution in [0.25, 0.3) is 0 Å². The van der Waals surface area contributed by atoms with Gasteiger partial charge in [-0.1, -0.05) is 25.1 Å². The van der Waals surface area contributed by atoms with Gasteiger partial charge < -0.3 is 5.32 Å². The van der Waals surface area contributed by atoms with Crippen LogP contribution in [0, 0.1) is 0 Å². The van der Waals surface area contributed by atoms with Crippen LogP contribution in [0.3, 0.4) is 0 Å². The first kappa shape index (κ1) is 14.2. The van der Waals surface area contributed by atoms with Gasteiger partial charge in [0.05, 0.1) is 12.1 Å². The molecule has 1 aromatic rings. The summed E-state index contributed by atoms with van der Waals surface area (Å²) < 4.78 is 37.2. The predicted molar refractivity (Wildman–Crippen MR) is 73.7 cm³/mol. The van der Waals surface area contributed by atoms with Crippen molar-refractivity contribution in [3.05, 3.63) is 29.8 Å². The van der Waals surface area contributed by atoms with Crippen molar-refractivity contribution in [2.45, 2.75) is 31.2 Å². The zero-order chi connectivity index (χ0) is 13.9. The molecule has 19 heavy (non-hydrogen) atoms. The van der Waals surface area contributed by atoms with E-state index in [-0.39, 0.29) is 0 Å². The second kappa shape index (κ2) is 5.86. The summed E-state index contributed by atoms with van der Waals surface area (Å²) in [5, 5.41) is 4.33. The van der Waals surface area contributed by atoms with Gasteiger partial charge in [-0.3, -0.25) is 4.99 Å². The summed E-state index contributed by atoms with van der Waals surface area (Å²) in [6.45, 7) is 2.91. The molecule has 1 atom stereocenters. The number of aliphatic imine (C=N–C) groups is 1. The second-order valence-electron chi connectivity index (χ2n) is 4.37. The fourth-order valence-electron chi connectivity index (χ4n) is 1.82. The number of hydrogen-bond acceptors (Lipinski definition) is 3. The molecule has 0 aliphatic carbocycles. The lowest BCUT2D eigenvalue weighted by atomic mass is 10.2. The van der Waals surface area contributed by atoms with E-state index in [1.807, 2.05) is 0 Å². The molecule has 1 aliphatic rings. The summed E-state index contributed by atoms with van der Waals surface area (Å²) in [6, 6.07) is 5.01. The number of anilines is 1. The fourth-order valence-corrected chi connectivity index (χ4v) is 2.97. The maximum Gasteiger partial charge on any atom is 0.416 e. The predicted octanol–water partition coefficient (Wildman–Crippen LogP) is 4.39. The van der Waals surface area contributed by atoms with Gasteiger partial charge in [0.15, 0.2) is 5.17 Å². The Hall–Kier alpha value is -1.17. The smallest absolute Gasteiger partial charge is 0.335 e. The summed E-state index contributed by atoms with van der Waals surface area (Å²) in [5.74, 6) is 0. The highest BCUT2D eigenvalue weighted by Gasteiger charge is 2.30. The molecule has 0 aromatic heterocycles. The fraction of sp³-hybridized carbons (Fsp3) is 0.462. The number of amidine groups is 1. The number of thioether (sulfide) groups is 1. The van der Waals surface area contributed by atoms with Gasteiger partial charge in [-0.2, -0.15) is 13.2 Å². The molecule has 1 aliphatic heterocycles. The van der Waals surface area contributed by atoms with Gasteiger partial charge in [0.25, 0.3) is 0 Å². The second-order valence-corrected chi connectivity index (χ2v) is 5.66. The van der Waals surface area contributed by atoms with E-state index in [2.05, 4.69) is 17.2 Å². The molecular weight excluding hydrogens is 273 g/mol. The number of rotatable bonds is 3. The molecule has 1 heterocycles. The van der Waals surface area contributed by atoms with Gasteiger partial charge in [-0.25, -0.2) is 0 Å². The highest BCUT2D eigenvalue weighted by atomic mass is 32.2. The van der Waals surface area contributed by atoms with Crippen LogP contribution in [0.1, 0.15) is 25.3 Å². The molecule has 1 N–H and O–H groups in total. The largest absolute Gasteiger partial charge is 0.416 e. The Balaban J connectivity index is 1.94. The van der Waals surface area contributed by atoms with Crippen LogP contribution < -0.4 is 5.32 Å². The van der Waals surface area contributed by atoms with Crippen LogP contribution in [0.5, 0.6) is 0 Å². The van der Waals surface area contributed by atoms with Gasteiger partial charge in [0.1, 0.15) is 0 Å². The van der Waals surface area contributed by atoms with Crippen molar-refractivity contribution in [3.63, 3.8) is 0 Å². The van der Waals surface area contributed by atoms with E-state index >= 15 is 0 Å². The molecule has 1 aromatic carbocycles. The van der Waals surface area contributed by atoms with E-state index in [9.17, 15) is 13.2 Å². The highest BCUT2D eigenvalue weighted by molar-refractivity contribution is 8.15. The van der Waals surface area contributed by atoms with Crippen LogP contribution in [0.4, 0.5) is 18.9 Å². The average Bonchev–Trinajstić information content (AvgIpc) is 2.77. The van der Waals surface area contributed by atoms with Crippen molar-refractivity contribution < 1.29 is 13.2 Å². The third-order valence-electron chi connectivity index (χ3n) is 2.79. The molecule has 0 radical (unpaired) electrons. The Bertz CT molecular complexity index is 454. The SMILES string of the molecule is CCCC1CN=C(Nc2ccc(C(F)(F)F)cc2)S1. The van der Waals surface area contributed by atoms with E-state index in [1.165, 1.54) is 12.1 Å². The van der Waals surface area contributed by atoms with Crippen LogP contribution in [0.2, 0.25) is 0 Å². The summed E-state index contributed by atoms with van der Waals surface area (Å²) in [7, 11) is 0. The first-order valence-electron chi connectivity index (χ1n) is 6.14. The normalized spacial score (nSPS) is 19.4. The van der Waals surface area contributed by atoms with Crippen molar-refractivity contribution in [1.29, 1.82) is 0 Å². The summed E-state index contributed by atoms with van der Waals surface area (Å²) in [5.41, 5.74) is -0.000628. The first-order valence-corrected chi connectivity index (χ1v) is 7.02. The Kier molecular flexibility index (Phi) is 4.39. The van der Waals surface area contributed by atoms with Crippen LogP contribution in [-0.4, -0.2) is 17.0 Å². The number of nitrogens with one attached hydrogen (secondary N) is 1. The quantitative estimate of drug-likeness (QED) is 0.892. The highest BCUT2D eigenvalue weighted by Crippen LogP contribution is 2.30. The summed E-state index contributed by atoms with van der Waals surface area (Å²) in [4.78, 5) is 4.35. The van der Waals surface area contributed by atoms with Gasteiger partial charge in [0.2, 0.25) is 0 Å². The van der Waals surface area contributed by atoms with E-state index < -0.39 is 11.7 Å². The molecular formula is C13H15F3N2S. The standard InChI is InChI=1S/C13H15F3N2S/c1-2-3-11-8-17-12(19-11)18-10-6-4-9(5-7-10)13(14,15)16/h4-7,11H,2-3,8H2,1H3,(H,17,18). The van der Waals surface area contributed by atoms with Gasteiger partial charge >= 0.3 is 6.18 Å². The molecule has 0 spiro atoms. The van der Waals surface area contributed by atoms with E-state index in [4.69, 9.17) is 0 Å². The molecule has 0 amide bonds. The summed E-state index contributed by atoms with van der Waals surface area (Å²) >= 11 is 1.66. The average molecular weight is 288 g/mol. The van der Waals surface area contributed by atoms with Crippen molar-refractivity contribution >= 4 is 22.6 Å². The Morgan fingerprint density at radius 2 is 2.00 bits per heavy atom. The minimum Gasteiger partial charge on any atom is -0.335 e. The van der Waals surface area contributed by atoms with E-state index in [0.717, 1.165) is 36.7 Å². The van der Waals surface area contributed by atoms with Crippen LogP contribution in [-0.2, 0) is 6.18 Å². The molecule has 6 heteroatoms. The molecule has 104 valence electrons. The van der Waals surface area contributed by atoms with Gasteiger partial charge in [0, 0.05) is 10.9 Å². The number of hydrogen-bond donors (Lipinski definition) is 1. The lowest BCUT2D eigenvalue weighted by Crippen LogP contribution is -2.08. The Morgan fingerprint density at radius 3 is 2.58 bits per heavy atom. The topological polar surface area (TPSA) is 24.4 Å².